The summed E-state index contributed by atoms with van der Waals surface area (Å²) >= 11 is 0. The second-order valence-electron chi connectivity index (χ2n) is 10.7. The summed E-state index contributed by atoms with van der Waals surface area (Å²) in [6, 6.07) is 32.0. The molecule has 0 spiro atoms. The minimum atomic E-state index is -2.83. The van der Waals surface area contributed by atoms with Gasteiger partial charge in [-0.25, -0.2) is 9.18 Å². The number of benzene rings is 4. The second kappa shape index (κ2) is 12.4. The number of aliphatic carboxylic acids is 1. The lowest BCUT2D eigenvalue weighted by Gasteiger charge is -2.43. The van der Waals surface area contributed by atoms with Crippen molar-refractivity contribution in [3.8, 4) is 11.1 Å². The van der Waals surface area contributed by atoms with E-state index in [0.717, 1.165) is 21.5 Å². The van der Waals surface area contributed by atoms with E-state index in [0.29, 0.717) is 5.56 Å². The zero-order valence-electron chi connectivity index (χ0n) is 22.9. The van der Waals surface area contributed by atoms with E-state index in [-0.39, 0.29) is 23.9 Å². The number of carboxylic acids is 1. The lowest BCUT2D eigenvalue weighted by Crippen LogP contribution is -2.66. The van der Waals surface area contributed by atoms with Gasteiger partial charge < -0.3 is 14.8 Å². The van der Waals surface area contributed by atoms with Crippen LogP contribution >= 0.6 is 0 Å². The smallest absolute Gasteiger partial charge is 0.326 e. The third-order valence-electron chi connectivity index (χ3n) is 7.07. The lowest BCUT2D eigenvalue weighted by molar-refractivity contribution is -0.139. The Labute approximate surface area is 235 Å². The first-order valence-corrected chi connectivity index (χ1v) is 15.2. The predicted molar refractivity (Wildman–Crippen MR) is 159 cm³/mol. The summed E-state index contributed by atoms with van der Waals surface area (Å²) in [4.78, 5) is 25.1. The number of carbonyl (C=O) groups excluding carboxylic acids is 1. The fourth-order valence-electron chi connectivity index (χ4n) is 5.05. The molecule has 4 aromatic rings. The number of carboxylic acid groups (broad SMARTS) is 1. The highest BCUT2D eigenvalue weighted by Crippen LogP contribution is 2.36. The summed E-state index contributed by atoms with van der Waals surface area (Å²) in [6.07, 6.45) is 0.110. The first-order chi connectivity index (χ1) is 19.1. The van der Waals surface area contributed by atoms with Crippen LogP contribution in [0.2, 0.25) is 5.04 Å². The van der Waals surface area contributed by atoms with Crippen LogP contribution in [0.3, 0.4) is 0 Å². The van der Waals surface area contributed by atoms with Crippen molar-refractivity contribution in [2.75, 3.05) is 6.61 Å². The van der Waals surface area contributed by atoms with E-state index in [1.165, 1.54) is 12.1 Å². The van der Waals surface area contributed by atoms with Crippen LogP contribution in [0.25, 0.3) is 11.1 Å². The third-order valence-corrected chi connectivity index (χ3v) is 12.1. The summed E-state index contributed by atoms with van der Waals surface area (Å²) in [7, 11) is -2.83. The summed E-state index contributed by atoms with van der Waals surface area (Å²) in [5.41, 5.74) is 1.98. The fraction of sp³-hybridized carbons (Fsp3) is 0.212. The molecule has 1 amide bonds. The topological polar surface area (TPSA) is 75.6 Å². The van der Waals surface area contributed by atoms with Gasteiger partial charge in [-0.3, -0.25) is 4.79 Å². The highest BCUT2D eigenvalue weighted by atomic mass is 28.4. The quantitative estimate of drug-likeness (QED) is 0.248. The van der Waals surface area contributed by atoms with E-state index in [1.807, 2.05) is 36.4 Å². The van der Waals surface area contributed by atoms with Crippen molar-refractivity contribution in [2.45, 2.75) is 38.3 Å². The summed E-state index contributed by atoms with van der Waals surface area (Å²) in [5.74, 6) is -1.93. The summed E-state index contributed by atoms with van der Waals surface area (Å²) in [5, 5.41) is 14.5. The molecule has 0 heterocycles. The molecule has 0 unspecified atom stereocenters. The van der Waals surface area contributed by atoms with E-state index in [4.69, 9.17) is 4.43 Å². The fourth-order valence-corrected chi connectivity index (χ4v) is 9.63. The highest BCUT2D eigenvalue weighted by molar-refractivity contribution is 6.99. The van der Waals surface area contributed by atoms with E-state index in [1.54, 1.807) is 36.4 Å². The molecule has 0 aliphatic carbocycles. The standard InChI is InChI=1S/C33H34FNO4Si/c1-33(2,3)40(28-10-6-4-7-11-28,29-12-8-5-9-13-29)39-23-22-30(32(37)38)35-31(36)26-16-14-24(15-17-26)25-18-20-27(34)21-19-25/h4-21,30H,22-23H2,1-3H3,(H,35,36)(H,37,38)/t30-/m0/s1. The number of hydrogen-bond donors (Lipinski definition) is 2. The van der Waals surface area contributed by atoms with Crippen molar-refractivity contribution in [3.63, 3.8) is 0 Å². The van der Waals surface area contributed by atoms with E-state index >= 15 is 0 Å². The highest BCUT2D eigenvalue weighted by Gasteiger charge is 2.50. The van der Waals surface area contributed by atoms with E-state index in [2.05, 4.69) is 50.4 Å². The van der Waals surface area contributed by atoms with Crippen molar-refractivity contribution >= 4 is 30.6 Å². The number of rotatable bonds is 10. The average molecular weight is 556 g/mol. The molecule has 0 aromatic heterocycles. The maximum absolute atomic E-state index is 13.2. The lowest BCUT2D eigenvalue weighted by atomic mass is 10.0. The van der Waals surface area contributed by atoms with Crippen molar-refractivity contribution in [2.24, 2.45) is 0 Å². The number of carbonyl (C=O) groups is 2. The first kappa shape index (κ1) is 28.9. The predicted octanol–water partition coefficient (Wildman–Crippen LogP) is 5.64. The molecular formula is C33H34FNO4Si. The molecule has 40 heavy (non-hydrogen) atoms. The minimum Gasteiger partial charge on any atom is -0.480 e. The Kier molecular flexibility index (Phi) is 8.97. The SMILES string of the molecule is CC(C)(C)[Si](OCC[C@H](NC(=O)c1ccc(-c2ccc(F)cc2)cc1)C(=O)O)(c1ccccc1)c1ccccc1. The van der Waals surface area contributed by atoms with Gasteiger partial charge in [-0.15, -0.1) is 0 Å². The van der Waals surface area contributed by atoms with Crippen molar-refractivity contribution in [1.82, 2.24) is 5.32 Å². The molecule has 4 aromatic carbocycles. The van der Waals surface area contributed by atoms with Gasteiger partial charge in [-0.2, -0.15) is 0 Å². The maximum atomic E-state index is 13.2. The van der Waals surface area contributed by atoms with Crippen LogP contribution in [0, 0.1) is 5.82 Å². The largest absolute Gasteiger partial charge is 0.480 e. The molecule has 5 nitrogen and oxygen atoms in total. The van der Waals surface area contributed by atoms with Gasteiger partial charge in [0, 0.05) is 18.6 Å². The Bertz CT molecular complexity index is 1380. The Morgan fingerprint density at radius 3 is 1.73 bits per heavy atom. The van der Waals surface area contributed by atoms with Gasteiger partial charge >= 0.3 is 5.97 Å². The van der Waals surface area contributed by atoms with Gasteiger partial charge in [0.1, 0.15) is 11.9 Å². The molecule has 0 radical (unpaired) electrons. The molecule has 1 atom stereocenters. The van der Waals surface area contributed by atoms with Crippen molar-refractivity contribution in [3.05, 3.63) is 121 Å². The van der Waals surface area contributed by atoms with Crippen LogP contribution in [0.15, 0.2) is 109 Å². The monoisotopic (exact) mass is 555 g/mol. The normalized spacial score (nSPS) is 12.5. The van der Waals surface area contributed by atoms with Crippen LogP contribution in [0.4, 0.5) is 4.39 Å². The van der Waals surface area contributed by atoms with Crippen molar-refractivity contribution in [1.29, 1.82) is 0 Å². The van der Waals surface area contributed by atoms with E-state index in [9.17, 15) is 19.1 Å². The third kappa shape index (κ3) is 6.38. The number of amides is 1. The van der Waals surface area contributed by atoms with Crippen LogP contribution in [-0.2, 0) is 9.22 Å². The summed E-state index contributed by atoms with van der Waals surface area (Å²) < 4.78 is 20.0. The van der Waals surface area contributed by atoms with Gasteiger partial charge in [0.25, 0.3) is 14.2 Å². The van der Waals surface area contributed by atoms with Crippen LogP contribution in [0.5, 0.6) is 0 Å². The Hall–Kier alpha value is -4.07. The van der Waals surface area contributed by atoms with Crippen LogP contribution in [0.1, 0.15) is 37.6 Å². The molecule has 206 valence electrons. The first-order valence-electron chi connectivity index (χ1n) is 13.3. The molecule has 4 rings (SSSR count). The molecule has 0 aliphatic heterocycles. The van der Waals surface area contributed by atoms with Gasteiger partial charge in [-0.1, -0.05) is 106 Å². The second-order valence-corrected chi connectivity index (χ2v) is 15.1. The molecular weight excluding hydrogens is 521 g/mol. The van der Waals surface area contributed by atoms with Gasteiger partial charge in [0.2, 0.25) is 0 Å². The van der Waals surface area contributed by atoms with Gasteiger partial charge in [0.15, 0.2) is 0 Å². The molecule has 0 saturated heterocycles. The zero-order chi connectivity index (χ0) is 28.8. The van der Waals surface area contributed by atoms with Gasteiger partial charge in [-0.05, 0) is 50.8 Å². The Morgan fingerprint density at radius 2 is 1.27 bits per heavy atom. The van der Waals surface area contributed by atoms with Gasteiger partial charge in [0.05, 0.1) is 0 Å². The minimum absolute atomic E-state index is 0.110. The molecule has 0 fully saturated rings. The molecule has 0 aliphatic rings. The molecule has 2 N–H and O–H groups in total. The molecule has 0 bridgehead atoms. The maximum Gasteiger partial charge on any atom is 0.326 e. The summed E-state index contributed by atoms with van der Waals surface area (Å²) in [6.45, 7) is 6.63. The average Bonchev–Trinajstić information content (AvgIpc) is 2.95. The number of hydrogen-bond acceptors (Lipinski definition) is 3. The zero-order valence-corrected chi connectivity index (χ0v) is 23.9. The Balaban J connectivity index is 1.50. The Morgan fingerprint density at radius 1 is 0.800 bits per heavy atom. The van der Waals surface area contributed by atoms with Crippen LogP contribution in [-0.4, -0.2) is 37.9 Å². The molecule has 7 heteroatoms. The van der Waals surface area contributed by atoms with E-state index < -0.39 is 26.2 Å². The molecule has 0 saturated carbocycles. The van der Waals surface area contributed by atoms with Crippen LogP contribution < -0.4 is 15.7 Å². The number of nitrogens with one attached hydrogen (secondary N) is 1. The van der Waals surface area contributed by atoms with Crippen molar-refractivity contribution < 1.29 is 23.5 Å². The number of halogens is 1.